The third kappa shape index (κ3) is 1.79. The van der Waals surface area contributed by atoms with Gasteiger partial charge in [0.05, 0.1) is 19.1 Å². The third-order valence-corrected chi connectivity index (χ3v) is 1.39. The van der Waals surface area contributed by atoms with Crippen molar-refractivity contribution in [2.45, 2.75) is 12.4 Å². The SMILES string of the molecule is OCC1COC(CCl)O1. The van der Waals surface area contributed by atoms with E-state index in [9.17, 15) is 0 Å². The molecule has 1 fully saturated rings. The third-order valence-electron chi connectivity index (χ3n) is 1.14. The highest BCUT2D eigenvalue weighted by atomic mass is 35.5. The average Bonchev–Trinajstić information content (AvgIpc) is 2.34. The van der Waals surface area contributed by atoms with Gasteiger partial charge in [-0.2, -0.15) is 0 Å². The zero-order chi connectivity index (χ0) is 6.69. The second-order valence-corrected chi connectivity index (χ2v) is 2.17. The van der Waals surface area contributed by atoms with Gasteiger partial charge in [-0.25, -0.2) is 0 Å². The summed E-state index contributed by atoms with van der Waals surface area (Å²) in [7, 11) is 0. The highest BCUT2D eigenvalue weighted by Gasteiger charge is 2.23. The van der Waals surface area contributed by atoms with Crippen LogP contribution in [0.15, 0.2) is 0 Å². The topological polar surface area (TPSA) is 38.7 Å². The van der Waals surface area contributed by atoms with E-state index < -0.39 is 0 Å². The zero-order valence-electron chi connectivity index (χ0n) is 4.92. The number of hydrogen-bond acceptors (Lipinski definition) is 3. The second-order valence-electron chi connectivity index (χ2n) is 1.86. The van der Waals surface area contributed by atoms with Gasteiger partial charge in [-0.05, 0) is 0 Å². The van der Waals surface area contributed by atoms with Crippen molar-refractivity contribution >= 4 is 11.6 Å². The van der Waals surface area contributed by atoms with Gasteiger partial charge in [0, 0.05) is 0 Å². The molecular formula is C5H9ClO3. The summed E-state index contributed by atoms with van der Waals surface area (Å²) in [4.78, 5) is 0. The second kappa shape index (κ2) is 3.37. The molecule has 0 bridgehead atoms. The Labute approximate surface area is 58.5 Å². The molecule has 0 aromatic heterocycles. The van der Waals surface area contributed by atoms with Crippen LogP contribution >= 0.6 is 11.6 Å². The van der Waals surface area contributed by atoms with E-state index in [2.05, 4.69) is 0 Å². The van der Waals surface area contributed by atoms with Gasteiger partial charge in [-0.3, -0.25) is 0 Å². The smallest absolute Gasteiger partial charge is 0.171 e. The molecule has 1 aliphatic heterocycles. The maximum atomic E-state index is 8.53. The van der Waals surface area contributed by atoms with Crippen molar-refractivity contribution in [1.29, 1.82) is 0 Å². The van der Waals surface area contributed by atoms with Crippen molar-refractivity contribution in [2.24, 2.45) is 0 Å². The fourth-order valence-electron chi connectivity index (χ4n) is 0.685. The summed E-state index contributed by atoms with van der Waals surface area (Å²) < 4.78 is 10.0. The zero-order valence-corrected chi connectivity index (χ0v) is 5.67. The molecule has 0 aromatic rings. The number of ether oxygens (including phenoxy) is 2. The number of halogens is 1. The van der Waals surface area contributed by atoms with Crippen LogP contribution in [0.2, 0.25) is 0 Å². The number of rotatable bonds is 2. The van der Waals surface area contributed by atoms with Crippen LogP contribution in [0.25, 0.3) is 0 Å². The minimum atomic E-state index is -0.316. The predicted molar refractivity (Wildman–Crippen MR) is 32.4 cm³/mol. The summed E-state index contributed by atoms with van der Waals surface area (Å²) in [5, 5.41) is 8.53. The molecule has 3 nitrogen and oxygen atoms in total. The van der Waals surface area contributed by atoms with E-state index in [0.29, 0.717) is 12.5 Å². The summed E-state index contributed by atoms with van der Waals surface area (Å²) in [6.07, 6.45) is -0.488. The molecule has 1 saturated heterocycles. The average molecular weight is 153 g/mol. The summed E-state index contributed by atoms with van der Waals surface area (Å²) in [5.74, 6) is 0.330. The van der Waals surface area contributed by atoms with Crippen LogP contribution in [0, 0.1) is 0 Å². The molecule has 1 N–H and O–H groups in total. The Kier molecular flexibility index (Phi) is 2.72. The van der Waals surface area contributed by atoms with Crippen molar-refractivity contribution in [3.05, 3.63) is 0 Å². The minimum absolute atomic E-state index is 0.00733. The molecule has 1 heterocycles. The first-order chi connectivity index (χ1) is 4.36. The van der Waals surface area contributed by atoms with Crippen LogP contribution in [-0.2, 0) is 9.47 Å². The maximum absolute atomic E-state index is 8.53. The van der Waals surface area contributed by atoms with E-state index in [4.69, 9.17) is 26.2 Å². The van der Waals surface area contributed by atoms with Crippen LogP contribution < -0.4 is 0 Å². The Bertz CT molecular complexity index is 78.3. The number of hydrogen-bond donors (Lipinski definition) is 1. The van der Waals surface area contributed by atoms with E-state index >= 15 is 0 Å². The Morgan fingerprint density at radius 3 is 2.78 bits per heavy atom. The Morgan fingerprint density at radius 1 is 1.67 bits per heavy atom. The summed E-state index contributed by atoms with van der Waals surface area (Å²) in [6.45, 7) is 0.460. The van der Waals surface area contributed by atoms with Crippen LogP contribution in [0.3, 0.4) is 0 Å². The highest BCUT2D eigenvalue weighted by molar-refractivity contribution is 6.18. The van der Waals surface area contributed by atoms with Gasteiger partial charge in [0.25, 0.3) is 0 Å². The lowest BCUT2D eigenvalue weighted by Crippen LogP contribution is -2.16. The monoisotopic (exact) mass is 152 g/mol. The summed E-state index contributed by atoms with van der Waals surface area (Å²) >= 11 is 5.40. The Hall–Kier alpha value is 0.170. The van der Waals surface area contributed by atoms with Gasteiger partial charge < -0.3 is 14.6 Å². The standard InChI is InChI=1S/C5H9ClO3/c6-1-5-8-3-4(2-7)9-5/h4-5,7H,1-3H2. The highest BCUT2D eigenvalue weighted by Crippen LogP contribution is 2.11. The lowest BCUT2D eigenvalue weighted by molar-refractivity contribution is -0.0480. The van der Waals surface area contributed by atoms with Crippen LogP contribution in [-0.4, -0.2) is 36.6 Å². The van der Waals surface area contributed by atoms with E-state index in [-0.39, 0.29) is 19.0 Å². The first-order valence-electron chi connectivity index (χ1n) is 2.80. The largest absolute Gasteiger partial charge is 0.394 e. The summed E-state index contributed by atoms with van der Waals surface area (Å²) in [5.41, 5.74) is 0. The molecule has 0 aromatic carbocycles. The van der Waals surface area contributed by atoms with Gasteiger partial charge >= 0.3 is 0 Å². The van der Waals surface area contributed by atoms with E-state index in [1.165, 1.54) is 0 Å². The first kappa shape index (κ1) is 7.28. The lowest BCUT2D eigenvalue weighted by Gasteiger charge is -2.04. The molecule has 2 unspecified atom stereocenters. The molecule has 2 atom stereocenters. The first-order valence-corrected chi connectivity index (χ1v) is 3.34. The fourth-order valence-corrected chi connectivity index (χ4v) is 0.846. The van der Waals surface area contributed by atoms with Crippen molar-refractivity contribution < 1.29 is 14.6 Å². The Balaban J connectivity index is 2.20. The molecule has 9 heavy (non-hydrogen) atoms. The number of aliphatic hydroxyl groups excluding tert-OH is 1. The van der Waals surface area contributed by atoms with Crippen molar-refractivity contribution in [2.75, 3.05) is 19.1 Å². The maximum Gasteiger partial charge on any atom is 0.171 e. The number of aliphatic hydroxyl groups is 1. The fraction of sp³-hybridized carbons (Fsp3) is 1.00. The molecule has 0 spiro atoms. The molecule has 54 valence electrons. The lowest BCUT2D eigenvalue weighted by atomic mass is 10.4. The molecule has 4 heteroatoms. The van der Waals surface area contributed by atoms with Gasteiger partial charge in [0.1, 0.15) is 6.10 Å². The number of alkyl halides is 1. The van der Waals surface area contributed by atoms with Crippen LogP contribution in [0.4, 0.5) is 0 Å². The van der Waals surface area contributed by atoms with Gasteiger partial charge in [-0.1, -0.05) is 0 Å². The normalized spacial score (nSPS) is 35.3. The van der Waals surface area contributed by atoms with Crippen LogP contribution in [0.5, 0.6) is 0 Å². The molecule has 0 aliphatic carbocycles. The minimum Gasteiger partial charge on any atom is -0.394 e. The van der Waals surface area contributed by atoms with E-state index in [0.717, 1.165) is 0 Å². The van der Waals surface area contributed by atoms with Gasteiger partial charge in [-0.15, -0.1) is 11.6 Å². The molecule has 1 aliphatic rings. The van der Waals surface area contributed by atoms with Crippen LogP contribution in [0.1, 0.15) is 0 Å². The quantitative estimate of drug-likeness (QED) is 0.565. The van der Waals surface area contributed by atoms with Gasteiger partial charge in [0.2, 0.25) is 0 Å². The van der Waals surface area contributed by atoms with E-state index in [1.54, 1.807) is 0 Å². The molecule has 0 saturated carbocycles. The molecule has 1 rings (SSSR count). The molecular weight excluding hydrogens is 144 g/mol. The van der Waals surface area contributed by atoms with Gasteiger partial charge in [0.15, 0.2) is 6.29 Å². The summed E-state index contributed by atoms with van der Waals surface area (Å²) in [6, 6.07) is 0. The van der Waals surface area contributed by atoms with Crippen molar-refractivity contribution in [3.63, 3.8) is 0 Å². The van der Waals surface area contributed by atoms with Crippen molar-refractivity contribution in [1.82, 2.24) is 0 Å². The Morgan fingerprint density at radius 2 is 2.44 bits per heavy atom. The molecule has 0 radical (unpaired) electrons. The van der Waals surface area contributed by atoms with E-state index in [1.807, 2.05) is 0 Å². The van der Waals surface area contributed by atoms with Crippen molar-refractivity contribution in [3.8, 4) is 0 Å². The molecule has 0 amide bonds. The predicted octanol–water partition coefficient (Wildman–Crippen LogP) is -0.0410.